The largest absolute Gasteiger partial charge is 0.332 e. The number of anilines is 1. The number of nitrogens with zero attached hydrogens (tertiary/aromatic N) is 2. The van der Waals surface area contributed by atoms with Crippen molar-refractivity contribution in [3.8, 4) is 0 Å². The Hall–Kier alpha value is -3.19. The van der Waals surface area contributed by atoms with E-state index in [0.717, 1.165) is 60.2 Å². The van der Waals surface area contributed by atoms with E-state index >= 15 is 0 Å². The second-order valence-corrected chi connectivity index (χ2v) is 10.4. The first kappa shape index (κ1) is 25.9. The van der Waals surface area contributed by atoms with E-state index < -0.39 is 0 Å². The summed E-state index contributed by atoms with van der Waals surface area (Å²) in [6.07, 6.45) is 5.96. The van der Waals surface area contributed by atoms with E-state index in [-0.39, 0.29) is 30.3 Å². The van der Waals surface area contributed by atoms with Crippen LogP contribution in [0.4, 0.5) is 14.9 Å². The average molecular weight is 508 g/mol. The molecule has 0 aliphatic heterocycles. The Bertz CT molecular complexity index is 1130. The summed E-state index contributed by atoms with van der Waals surface area (Å²) in [5.74, 6) is -0.419. The molecule has 1 aliphatic rings. The second kappa shape index (κ2) is 12.7. The lowest BCUT2D eigenvalue weighted by Gasteiger charge is -2.35. The summed E-state index contributed by atoms with van der Waals surface area (Å²) in [7, 11) is 0. The summed E-state index contributed by atoms with van der Waals surface area (Å²) in [6.45, 7) is 2.90. The van der Waals surface area contributed by atoms with Gasteiger partial charge in [0.05, 0.1) is 6.54 Å². The molecule has 0 saturated heterocycles. The third kappa shape index (κ3) is 7.17. The maximum atomic E-state index is 13.7. The molecule has 0 unspecified atom stereocenters. The first-order chi connectivity index (χ1) is 17.5. The highest BCUT2D eigenvalue weighted by Gasteiger charge is 2.29. The zero-order valence-electron chi connectivity index (χ0n) is 20.8. The molecule has 0 atom stereocenters. The van der Waals surface area contributed by atoms with Crippen molar-refractivity contribution in [2.75, 3.05) is 11.9 Å². The van der Waals surface area contributed by atoms with Crippen molar-refractivity contribution in [3.05, 3.63) is 87.9 Å². The zero-order valence-corrected chi connectivity index (χ0v) is 21.6. The Morgan fingerprint density at radius 3 is 2.44 bits per heavy atom. The number of aryl methyl sites for hydroxylation is 1. The number of urea groups is 1. The van der Waals surface area contributed by atoms with Crippen molar-refractivity contribution in [1.29, 1.82) is 0 Å². The molecule has 3 aromatic rings. The average Bonchev–Trinajstić information content (AvgIpc) is 3.42. The van der Waals surface area contributed by atoms with Gasteiger partial charge >= 0.3 is 6.03 Å². The lowest BCUT2D eigenvalue weighted by Crippen LogP contribution is -2.49. The number of rotatable bonds is 9. The highest BCUT2D eigenvalue weighted by molar-refractivity contribution is 7.09. The quantitative estimate of drug-likeness (QED) is 0.345. The third-order valence-corrected chi connectivity index (χ3v) is 7.60. The molecule has 1 saturated carbocycles. The van der Waals surface area contributed by atoms with Crippen LogP contribution in [0, 0.1) is 5.82 Å². The smallest absolute Gasteiger partial charge is 0.322 e. The Kier molecular flexibility index (Phi) is 9.11. The molecule has 5 nitrogen and oxygen atoms in total. The Balaban J connectivity index is 1.53. The number of hydrogen-bond acceptors (Lipinski definition) is 3. The van der Waals surface area contributed by atoms with Crippen LogP contribution in [0.25, 0.3) is 0 Å². The molecule has 190 valence electrons. The minimum absolute atomic E-state index is 0.0105. The molecule has 1 fully saturated rings. The lowest BCUT2D eigenvalue weighted by atomic mass is 9.94. The van der Waals surface area contributed by atoms with E-state index in [0.29, 0.717) is 13.1 Å². The molecule has 0 radical (unpaired) electrons. The predicted octanol–water partition coefficient (Wildman–Crippen LogP) is 6.85. The van der Waals surface area contributed by atoms with Crippen molar-refractivity contribution in [3.63, 3.8) is 0 Å². The molecule has 1 heterocycles. The summed E-state index contributed by atoms with van der Waals surface area (Å²) < 4.78 is 13.5. The van der Waals surface area contributed by atoms with Gasteiger partial charge in [0.15, 0.2) is 0 Å². The van der Waals surface area contributed by atoms with Crippen LogP contribution in [0.1, 0.15) is 55.0 Å². The van der Waals surface area contributed by atoms with Crippen molar-refractivity contribution in [2.24, 2.45) is 0 Å². The summed E-state index contributed by atoms with van der Waals surface area (Å²) in [6, 6.07) is 17.8. The fourth-order valence-electron chi connectivity index (χ4n) is 4.70. The molecular weight excluding hydrogens is 473 g/mol. The number of amides is 3. The summed E-state index contributed by atoms with van der Waals surface area (Å²) in [5.41, 5.74) is 2.75. The van der Waals surface area contributed by atoms with Gasteiger partial charge in [-0.1, -0.05) is 56.5 Å². The summed E-state index contributed by atoms with van der Waals surface area (Å²) in [5, 5.41) is 5.02. The van der Waals surface area contributed by atoms with Crippen molar-refractivity contribution in [2.45, 2.75) is 64.6 Å². The van der Waals surface area contributed by atoms with Crippen LogP contribution in [0.2, 0.25) is 0 Å². The van der Waals surface area contributed by atoms with Gasteiger partial charge in [-0.2, -0.15) is 0 Å². The van der Waals surface area contributed by atoms with Crippen LogP contribution >= 0.6 is 11.3 Å². The minimum atomic E-state index is -0.304. The van der Waals surface area contributed by atoms with E-state index in [2.05, 4.69) is 12.2 Å². The van der Waals surface area contributed by atoms with Gasteiger partial charge < -0.3 is 15.1 Å². The highest BCUT2D eigenvalue weighted by atomic mass is 32.1. The number of carbonyl (C=O) groups is 2. The molecule has 3 amide bonds. The molecule has 1 aliphatic carbocycles. The molecule has 7 heteroatoms. The third-order valence-electron chi connectivity index (χ3n) is 6.73. The topological polar surface area (TPSA) is 52.7 Å². The van der Waals surface area contributed by atoms with Crippen LogP contribution in [0.15, 0.2) is 66.0 Å². The van der Waals surface area contributed by atoms with Crippen LogP contribution in [0.5, 0.6) is 0 Å². The number of hydrogen-bond donors (Lipinski definition) is 1. The maximum Gasteiger partial charge on any atom is 0.322 e. The SMILES string of the molecule is CCc1cccc(NC(=O)N(CC(=O)N(Cc2ccc(F)cc2)Cc2cccs2)C2CCCCC2)c1. The van der Waals surface area contributed by atoms with E-state index in [9.17, 15) is 14.0 Å². The maximum absolute atomic E-state index is 13.7. The Morgan fingerprint density at radius 1 is 0.972 bits per heavy atom. The van der Waals surface area contributed by atoms with Crippen LogP contribution in [0.3, 0.4) is 0 Å². The van der Waals surface area contributed by atoms with Gasteiger partial charge in [0, 0.05) is 23.2 Å². The summed E-state index contributed by atoms with van der Waals surface area (Å²) >= 11 is 1.59. The molecule has 1 N–H and O–H groups in total. The highest BCUT2D eigenvalue weighted by Crippen LogP contribution is 2.24. The zero-order chi connectivity index (χ0) is 25.3. The monoisotopic (exact) mass is 507 g/mol. The van der Waals surface area contributed by atoms with E-state index in [1.54, 1.807) is 33.3 Å². The first-order valence-electron chi connectivity index (χ1n) is 12.7. The number of halogens is 1. The molecule has 4 rings (SSSR count). The Morgan fingerprint density at radius 2 is 1.75 bits per heavy atom. The van der Waals surface area contributed by atoms with Gasteiger partial charge in [-0.3, -0.25) is 4.79 Å². The van der Waals surface area contributed by atoms with E-state index in [4.69, 9.17) is 0 Å². The normalized spacial score (nSPS) is 13.8. The number of carbonyl (C=O) groups excluding carboxylic acids is 2. The van der Waals surface area contributed by atoms with E-state index in [1.165, 1.54) is 12.1 Å². The van der Waals surface area contributed by atoms with E-state index in [1.807, 2.05) is 41.8 Å². The molecule has 36 heavy (non-hydrogen) atoms. The second-order valence-electron chi connectivity index (χ2n) is 9.36. The number of thiophene rings is 1. The van der Waals surface area contributed by atoms with Crippen molar-refractivity contribution < 1.29 is 14.0 Å². The standard InChI is InChI=1S/C29H34FN3O2S/c1-2-22-8-6-9-25(18-22)31-29(35)33(26-10-4-3-5-11-26)21-28(34)32(20-27-12-7-17-36-27)19-23-13-15-24(30)16-14-23/h6-9,12-18,26H,2-5,10-11,19-21H2,1H3,(H,31,35). The fraction of sp³-hybridized carbons (Fsp3) is 0.379. The van der Waals surface area contributed by atoms with Crippen molar-refractivity contribution in [1.82, 2.24) is 9.80 Å². The van der Waals surface area contributed by atoms with Gasteiger partial charge in [0.25, 0.3) is 0 Å². The Labute approximate surface area is 216 Å². The fourth-order valence-corrected chi connectivity index (χ4v) is 5.42. The number of benzene rings is 2. The molecule has 0 bridgehead atoms. The van der Waals surface area contributed by atoms with Gasteiger partial charge in [0.1, 0.15) is 12.4 Å². The first-order valence-corrected chi connectivity index (χ1v) is 13.6. The molecule has 1 aromatic heterocycles. The number of nitrogens with one attached hydrogen (secondary N) is 1. The van der Waals surface area contributed by atoms with Gasteiger partial charge in [-0.15, -0.1) is 11.3 Å². The van der Waals surface area contributed by atoms with Crippen LogP contribution in [-0.2, 0) is 24.3 Å². The predicted molar refractivity (Wildman–Crippen MR) is 143 cm³/mol. The minimum Gasteiger partial charge on any atom is -0.332 e. The lowest BCUT2D eigenvalue weighted by molar-refractivity contribution is -0.133. The summed E-state index contributed by atoms with van der Waals surface area (Å²) in [4.78, 5) is 31.7. The molecule has 2 aromatic carbocycles. The van der Waals surface area contributed by atoms with Gasteiger partial charge in [-0.25, -0.2) is 9.18 Å². The van der Waals surface area contributed by atoms with Gasteiger partial charge in [0.2, 0.25) is 5.91 Å². The van der Waals surface area contributed by atoms with Crippen LogP contribution in [-0.4, -0.2) is 34.3 Å². The van der Waals surface area contributed by atoms with Crippen LogP contribution < -0.4 is 5.32 Å². The van der Waals surface area contributed by atoms with Gasteiger partial charge in [-0.05, 0) is 66.1 Å². The molecule has 0 spiro atoms. The van der Waals surface area contributed by atoms with Crippen molar-refractivity contribution >= 4 is 29.0 Å². The molecular formula is C29H34FN3O2S.